The molecule has 0 saturated heterocycles. The second-order valence-electron chi connectivity index (χ2n) is 8.40. The van der Waals surface area contributed by atoms with E-state index >= 15 is 0 Å². The molecule has 0 aliphatic carbocycles. The van der Waals surface area contributed by atoms with Crippen LogP contribution in [0.4, 0.5) is 0 Å². The molecule has 0 heterocycles. The standard InChI is InChI=1S/2C11H14NO2S.Pt/c2*1-11(2,3)12-8-9-6-4-5-7-10(9)15(13)14;/h2*4-8H,1-3H3;/q2*-1;+2. The Labute approximate surface area is 203 Å². The van der Waals surface area contributed by atoms with Gasteiger partial charge in [-0.1, -0.05) is 58.3 Å². The predicted molar refractivity (Wildman–Crippen MR) is 122 cm³/mol. The monoisotopic (exact) mass is 643 g/mol. The fraction of sp³-hybridized carbons (Fsp3) is 0.364. The predicted octanol–water partition coefficient (Wildman–Crippen LogP) is 5.14. The second-order valence-corrected chi connectivity index (χ2v) is 10.2. The van der Waals surface area contributed by atoms with Crippen LogP contribution in [-0.4, -0.2) is 23.5 Å². The Morgan fingerprint density at radius 2 is 0.903 bits per heavy atom. The molecule has 0 spiro atoms. The van der Waals surface area contributed by atoms with Gasteiger partial charge in [-0.2, -0.15) is 0 Å². The first-order valence-corrected chi connectivity index (χ1v) is 11.4. The first-order valence-electron chi connectivity index (χ1n) is 9.27. The van der Waals surface area contributed by atoms with Crippen molar-refractivity contribution in [3.8, 4) is 0 Å². The van der Waals surface area contributed by atoms with Gasteiger partial charge in [0.05, 0.1) is 11.1 Å². The minimum absolute atomic E-state index is 0. The average molecular weight is 644 g/mol. The van der Waals surface area contributed by atoms with Crippen LogP contribution in [0.5, 0.6) is 0 Å². The molecular weight excluding hydrogens is 615 g/mol. The molecule has 9 heteroatoms. The third-order valence-electron chi connectivity index (χ3n) is 3.38. The van der Waals surface area contributed by atoms with Gasteiger partial charge in [-0.3, -0.25) is 9.98 Å². The van der Waals surface area contributed by atoms with Gasteiger partial charge in [-0.15, -0.1) is 0 Å². The van der Waals surface area contributed by atoms with Gasteiger partial charge >= 0.3 is 21.1 Å². The Hall–Kier alpha value is -1.63. The number of benzene rings is 2. The molecule has 0 aliphatic rings. The van der Waals surface area contributed by atoms with E-state index in [0.717, 1.165) is 0 Å². The van der Waals surface area contributed by atoms with Crippen molar-refractivity contribution in [3.63, 3.8) is 0 Å². The van der Waals surface area contributed by atoms with Crippen molar-refractivity contribution >= 4 is 33.8 Å². The van der Waals surface area contributed by atoms with Gasteiger partial charge in [0.2, 0.25) is 0 Å². The summed E-state index contributed by atoms with van der Waals surface area (Å²) in [5.74, 6) is 0. The summed E-state index contributed by atoms with van der Waals surface area (Å²) < 4.78 is 43.5. The Kier molecular flexibility index (Phi) is 12.4. The Morgan fingerprint density at radius 3 is 1.16 bits per heavy atom. The normalized spacial score (nSPS) is 12.1. The van der Waals surface area contributed by atoms with Crippen LogP contribution in [0, 0.1) is 0 Å². The summed E-state index contributed by atoms with van der Waals surface area (Å²) in [5.41, 5.74) is 0.858. The fourth-order valence-electron chi connectivity index (χ4n) is 2.00. The molecule has 0 atom stereocenters. The van der Waals surface area contributed by atoms with Gasteiger partial charge < -0.3 is 16.8 Å². The maximum atomic E-state index is 10.9. The zero-order valence-electron chi connectivity index (χ0n) is 18.4. The van der Waals surface area contributed by atoms with Crippen molar-refractivity contribution in [1.82, 2.24) is 0 Å². The maximum absolute atomic E-state index is 10.9. The molecule has 0 aromatic heterocycles. The van der Waals surface area contributed by atoms with Crippen molar-refractivity contribution in [2.75, 3.05) is 0 Å². The van der Waals surface area contributed by atoms with Crippen molar-refractivity contribution in [3.05, 3.63) is 59.7 Å². The summed E-state index contributed by atoms with van der Waals surface area (Å²) in [7, 11) is -4.42. The summed E-state index contributed by atoms with van der Waals surface area (Å²) in [6.45, 7) is 11.8. The molecule has 0 saturated carbocycles. The van der Waals surface area contributed by atoms with Crippen LogP contribution in [0.2, 0.25) is 0 Å². The largest absolute Gasteiger partial charge is 2.00 e. The molecular formula is C22H28N2O4PtS2. The van der Waals surface area contributed by atoms with Crippen LogP contribution >= 0.6 is 0 Å². The van der Waals surface area contributed by atoms with Gasteiger partial charge in [0.1, 0.15) is 0 Å². The van der Waals surface area contributed by atoms with Crippen molar-refractivity contribution < 1.29 is 37.9 Å². The van der Waals surface area contributed by atoms with E-state index in [1.165, 1.54) is 0 Å². The van der Waals surface area contributed by atoms with Gasteiger partial charge in [-0.05, 0) is 74.1 Å². The summed E-state index contributed by atoms with van der Waals surface area (Å²) in [4.78, 5) is 9.11. The first kappa shape index (κ1) is 29.4. The molecule has 0 unspecified atom stereocenters. The van der Waals surface area contributed by atoms with Crippen LogP contribution in [-0.2, 0) is 59.3 Å². The summed E-state index contributed by atoms with van der Waals surface area (Å²) in [6.07, 6.45) is 3.20. The number of hydrogen-bond acceptors (Lipinski definition) is 8. The fourth-order valence-corrected chi connectivity index (χ4v) is 3.01. The van der Waals surface area contributed by atoms with E-state index in [1.807, 2.05) is 41.5 Å². The molecule has 172 valence electrons. The number of rotatable bonds is 4. The van der Waals surface area contributed by atoms with E-state index in [9.17, 15) is 16.8 Å². The molecule has 2 rings (SSSR count). The van der Waals surface area contributed by atoms with Crippen LogP contribution < -0.4 is 0 Å². The molecule has 0 N–H and O–H groups in total. The van der Waals surface area contributed by atoms with Crippen LogP contribution in [0.25, 0.3) is 0 Å². The topological polar surface area (TPSA) is 93.0 Å². The molecule has 2 aromatic rings. The Bertz CT molecular complexity index is 960. The smallest absolute Gasteiger partial charge is 0.420 e. The quantitative estimate of drug-likeness (QED) is 0.341. The molecule has 6 nitrogen and oxygen atoms in total. The first-order chi connectivity index (χ1) is 13.8. The van der Waals surface area contributed by atoms with E-state index in [1.54, 1.807) is 61.0 Å². The Morgan fingerprint density at radius 1 is 0.613 bits per heavy atom. The Balaban J connectivity index is 0.000000562. The van der Waals surface area contributed by atoms with E-state index in [0.29, 0.717) is 11.1 Å². The molecule has 0 aliphatic heterocycles. The second kappa shape index (κ2) is 13.0. The van der Waals surface area contributed by atoms with Gasteiger partial charge in [0, 0.05) is 12.4 Å². The maximum Gasteiger partial charge on any atom is 2.00 e. The number of hydrogen-bond donors (Lipinski definition) is 0. The van der Waals surface area contributed by atoms with E-state index < -0.39 is 21.4 Å². The van der Waals surface area contributed by atoms with E-state index in [4.69, 9.17) is 0 Å². The average Bonchev–Trinajstić information content (AvgIpc) is 2.64. The third kappa shape index (κ3) is 12.1. The molecule has 2 aromatic carbocycles. The SMILES string of the molecule is CC(C)(C)N=Cc1ccccc1[S-](=O)=O.CC(C)(C)N=Cc1ccccc1[S-](=O)=O.[Pt+2]. The summed E-state index contributed by atoms with van der Waals surface area (Å²) >= 11 is 0. The van der Waals surface area contributed by atoms with Crippen molar-refractivity contribution in [1.29, 1.82) is 0 Å². The van der Waals surface area contributed by atoms with Crippen molar-refractivity contribution in [2.24, 2.45) is 9.98 Å². The number of aliphatic imine (C=N–C) groups is 2. The van der Waals surface area contributed by atoms with Crippen molar-refractivity contribution in [2.45, 2.75) is 62.4 Å². The van der Waals surface area contributed by atoms with E-state index in [2.05, 4.69) is 9.98 Å². The molecule has 0 fully saturated rings. The summed E-state index contributed by atoms with van der Waals surface area (Å²) in [5, 5.41) is 0. The summed E-state index contributed by atoms with van der Waals surface area (Å²) in [6, 6.07) is 13.6. The minimum atomic E-state index is -2.21. The molecule has 0 amide bonds. The molecule has 0 bridgehead atoms. The van der Waals surface area contributed by atoms with Gasteiger partial charge in [0.25, 0.3) is 0 Å². The zero-order chi connectivity index (χ0) is 22.9. The molecule has 31 heavy (non-hydrogen) atoms. The van der Waals surface area contributed by atoms with Gasteiger partial charge in [0.15, 0.2) is 0 Å². The minimum Gasteiger partial charge on any atom is -0.420 e. The van der Waals surface area contributed by atoms with E-state index in [-0.39, 0.29) is 41.9 Å². The van der Waals surface area contributed by atoms with Crippen LogP contribution in [0.3, 0.4) is 0 Å². The number of nitrogens with zero attached hydrogens (tertiary/aromatic N) is 2. The van der Waals surface area contributed by atoms with Gasteiger partial charge in [-0.25, -0.2) is 0 Å². The van der Waals surface area contributed by atoms with Crippen LogP contribution in [0.1, 0.15) is 52.7 Å². The zero-order valence-corrected chi connectivity index (χ0v) is 22.3. The third-order valence-corrected chi connectivity index (χ3v) is 4.84. The van der Waals surface area contributed by atoms with Crippen LogP contribution in [0.15, 0.2) is 68.3 Å². The molecule has 0 radical (unpaired) electrons.